The summed E-state index contributed by atoms with van der Waals surface area (Å²) in [6.07, 6.45) is 1.22. The van der Waals surface area contributed by atoms with Crippen molar-refractivity contribution >= 4 is 29.1 Å². The van der Waals surface area contributed by atoms with Crippen molar-refractivity contribution in [2.45, 2.75) is 26.2 Å². The Morgan fingerprint density at radius 3 is 2.42 bits per heavy atom. The third-order valence-corrected chi connectivity index (χ3v) is 5.31. The van der Waals surface area contributed by atoms with Crippen LogP contribution in [0.15, 0.2) is 54.7 Å². The lowest BCUT2D eigenvalue weighted by atomic mass is 10.1. The molecule has 1 heterocycles. The van der Waals surface area contributed by atoms with Crippen molar-refractivity contribution in [3.8, 4) is 11.3 Å². The summed E-state index contributed by atoms with van der Waals surface area (Å²) in [6, 6.07) is 13.9. The number of halogens is 2. The summed E-state index contributed by atoms with van der Waals surface area (Å²) in [7, 11) is 0. The van der Waals surface area contributed by atoms with Crippen LogP contribution in [0.2, 0.25) is 0 Å². The molecule has 1 saturated carbocycles. The van der Waals surface area contributed by atoms with Crippen molar-refractivity contribution in [3.05, 3.63) is 65.9 Å². The molecule has 1 aliphatic rings. The Labute approximate surface area is 189 Å². The molecule has 0 radical (unpaired) electrons. The smallest absolute Gasteiger partial charge is 0.260 e. The van der Waals surface area contributed by atoms with Crippen LogP contribution in [0.25, 0.3) is 11.3 Å². The summed E-state index contributed by atoms with van der Waals surface area (Å²) in [5.41, 5.74) is 4.04. The second-order valence-corrected chi connectivity index (χ2v) is 7.86. The molecule has 4 rings (SSSR count). The van der Waals surface area contributed by atoms with E-state index in [2.05, 4.69) is 25.9 Å². The first-order valence-corrected chi connectivity index (χ1v) is 10.5. The molecule has 0 aliphatic heterocycles. The largest absolute Gasteiger partial charge is 0.352 e. The maximum absolute atomic E-state index is 13.0. The Morgan fingerprint density at radius 2 is 1.79 bits per heavy atom. The fraction of sp³-hybridized carbons (Fsp3) is 0.250. The van der Waals surface area contributed by atoms with Gasteiger partial charge in [0.25, 0.3) is 11.8 Å². The van der Waals surface area contributed by atoms with Crippen molar-refractivity contribution in [2.24, 2.45) is 5.92 Å². The lowest BCUT2D eigenvalue weighted by Gasteiger charge is -2.10. The topological polar surface area (TPSA) is 96.0 Å². The van der Waals surface area contributed by atoms with Gasteiger partial charge in [-0.3, -0.25) is 9.59 Å². The highest BCUT2D eigenvalue weighted by molar-refractivity contribution is 5.96. The standard InChI is InChI=1S/C24H23F2N5O2/c1-3-27-21(32)18-9-8-17(12-14(18)2)30-23-28-11-10-20(31-23)15-4-6-16(7-5-15)29-22(33)19-13-24(19,25)26/h4-12,19H,3,13H2,1-2H3,(H,27,32)(H,29,33)(H,28,30,31). The van der Waals surface area contributed by atoms with Crippen LogP contribution in [0.4, 0.5) is 26.1 Å². The summed E-state index contributed by atoms with van der Waals surface area (Å²) in [6.45, 7) is 4.28. The number of benzene rings is 2. The fourth-order valence-electron chi connectivity index (χ4n) is 3.41. The van der Waals surface area contributed by atoms with Crippen LogP contribution >= 0.6 is 0 Å². The number of aromatic nitrogens is 2. The van der Waals surface area contributed by atoms with Crippen LogP contribution in [0.3, 0.4) is 0 Å². The molecule has 3 N–H and O–H groups in total. The van der Waals surface area contributed by atoms with Gasteiger partial charge in [-0.15, -0.1) is 0 Å². The van der Waals surface area contributed by atoms with Crippen LogP contribution in [-0.2, 0) is 4.79 Å². The number of rotatable bonds is 7. The highest BCUT2D eigenvalue weighted by atomic mass is 19.3. The van der Waals surface area contributed by atoms with Crippen LogP contribution in [-0.4, -0.2) is 34.2 Å². The summed E-state index contributed by atoms with van der Waals surface area (Å²) < 4.78 is 26.1. The number of hydrogen-bond donors (Lipinski definition) is 3. The van der Waals surface area contributed by atoms with E-state index in [4.69, 9.17) is 0 Å². The minimum atomic E-state index is -2.89. The maximum atomic E-state index is 13.0. The number of anilines is 3. The zero-order valence-electron chi connectivity index (χ0n) is 18.2. The Morgan fingerprint density at radius 1 is 1.09 bits per heavy atom. The molecule has 1 aliphatic carbocycles. The molecule has 2 amide bonds. The summed E-state index contributed by atoms with van der Waals surface area (Å²) in [5, 5.41) is 8.43. The number of amides is 2. The molecule has 33 heavy (non-hydrogen) atoms. The molecule has 1 atom stereocenters. The average molecular weight is 451 g/mol. The number of nitrogens with zero attached hydrogens (tertiary/aromatic N) is 2. The lowest BCUT2D eigenvalue weighted by Crippen LogP contribution is -2.23. The first-order valence-electron chi connectivity index (χ1n) is 10.5. The van der Waals surface area contributed by atoms with Gasteiger partial charge >= 0.3 is 0 Å². The first kappa shape index (κ1) is 22.3. The second-order valence-electron chi connectivity index (χ2n) is 7.86. The van der Waals surface area contributed by atoms with Gasteiger partial charge in [0.2, 0.25) is 11.9 Å². The zero-order valence-corrected chi connectivity index (χ0v) is 18.2. The highest BCUT2D eigenvalue weighted by Crippen LogP contribution is 2.49. The first-order chi connectivity index (χ1) is 15.8. The van der Waals surface area contributed by atoms with E-state index in [0.29, 0.717) is 29.4 Å². The van der Waals surface area contributed by atoms with Crippen LogP contribution in [0, 0.1) is 12.8 Å². The van der Waals surface area contributed by atoms with Crippen molar-refractivity contribution in [2.75, 3.05) is 17.2 Å². The number of nitrogens with one attached hydrogen (secondary N) is 3. The van der Waals surface area contributed by atoms with Crippen molar-refractivity contribution in [3.63, 3.8) is 0 Å². The maximum Gasteiger partial charge on any atom is 0.260 e. The van der Waals surface area contributed by atoms with E-state index < -0.39 is 24.2 Å². The molecule has 7 nitrogen and oxygen atoms in total. The summed E-state index contributed by atoms with van der Waals surface area (Å²) >= 11 is 0. The van der Waals surface area contributed by atoms with Gasteiger partial charge in [-0.2, -0.15) is 0 Å². The average Bonchev–Trinajstić information content (AvgIpc) is 3.43. The van der Waals surface area contributed by atoms with Gasteiger partial charge < -0.3 is 16.0 Å². The molecule has 1 aromatic heterocycles. The quantitative estimate of drug-likeness (QED) is 0.490. The van der Waals surface area contributed by atoms with Gasteiger partial charge in [-0.1, -0.05) is 12.1 Å². The molecule has 1 fully saturated rings. The highest BCUT2D eigenvalue weighted by Gasteiger charge is 2.61. The number of aryl methyl sites for hydroxylation is 1. The molecule has 1 unspecified atom stereocenters. The van der Waals surface area contributed by atoms with Gasteiger partial charge in [0.05, 0.1) is 5.69 Å². The van der Waals surface area contributed by atoms with E-state index in [1.807, 2.05) is 19.9 Å². The van der Waals surface area contributed by atoms with Crippen molar-refractivity contribution in [1.82, 2.24) is 15.3 Å². The SMILES string of the molecule is CCNC(=O)c1ccc(Nc2nccc(-c3ccc(NC(=O)C4CC4(F)F)cc3)n2)cc1C. The van der Waals surface area contributed by atoms with Crippen LogP contribution in [0.5, 0.6) is 0 Å². The van der Waals surface area contributed by atoms with E-state index >= 15 is 0 Å². The monoisotopic (exact) mass is 451 g/mol. The minimum Gasteiger partial charge on any atom is -0.352 e. The molecule has 9 heteroatoms. The molecular formula is C24H23F2N5O2. The minimum absolute atomic E-state index is 0.120. The third kappa shape index (κ3) is 5.14. The number of carbonyl (C=O) groups is 2. The Balaban J connectivity index is 1.44. The van der Waals surface area contributed by atoms with E-state index in [9.17, 15) is 18.4 Å². The summed E-state index contributed by atoms with van der Waals surface area (Å²) in [5.74, 6) is -4.55. The van der Waals surface area contributed by atoms with E-state index in [-0.39, 0.29) is 5.91 Å². The van der Waals surface area contributed by atoms with Gasteiger partial charge in [0, 0.05) is 41.7 Å². The van der Waals surface area contributed by atoms with Gasteiger partial charge in [-0.05, 0) is 55.8 Å². The number of alkyl halides is 2. The van der Waals surface area contributed by atoms with Gasteiger partial charge in [0.15, 0.2) is 0 Å². The van der Waals surface area contributed by atoms with Gasteiger partial charge in [0.1, 0.15) is 5.92 Å². The molecule has 0 spiro atoms. The lowest BCUT2D eigenvalue weighted by molar-refractivity contribution is -0.119. The van der Waals surface area contributed by atoms with Crippen molar-refractivity contribution in [1.29, 1.82) is 0 Å². The predicted octanol–water partition coefficient (Wildman–Crippen LogP) is 4.54. The van der Waals surface area contributed by atoms with Gasteiger partial charge in [-0.25, -0.2) is 18.7 Å². The Kier molecular flexibility index (Phi) is 6.04. The van der Waals surface area contributed by atoms with Crippen molar-refractivity contribution < 1.29 is 18.4 Å². The molecule has 0 bridgehead atoms. The molecular weight excluding hydrogens is 428 g/mol. The third-order valence-electron chi connectivity index (χ3n) is 5.31. The second kappa shape index (κ2) is 8.93. The Bertz CT molecular complexity index is 1200. The molecule has 170 valence electrons. The fourth-order valence-corrected chi connectivity index (χ4v) is 3.41. The molecule has 0 saturated heterocycles. The Hall–Kier alpha value is -3.88. The van der Waals surface area contributed by atoms with Crippen LogP contribution < -0.4 is 16.0 Å². The summed E-state index contributed by atoms with van der Waals surface area (Å²) in [4.78, 5) is 32.7. The normalized spacial score (nSPS) is 16.1. The molecule has 3 aromatic rings. The number of carbonyl (C=O) groups excluding carboxylic acids is 2. The van der Waals surface area contributed by atoms with E-state index in [0.717, 1.165) is 16.8 Å². The van der Waals surface area contributed by atoms with Crippen LogP contribution in [0.1, 0.15) is 29.3 Å². The zero-order chi connectivity index (χ0) is 23.6. The number of hydrogen-bond acceptors (Lipinski definition) is 5. The van der Waals surface area contributed by atoms with E-state index in [1.165, 1.54) is 0 Å². The molecule has 2 aromatic carbocycles. The van der Waals surface area contributed by atoms with E-state index in [1.54, 1.807) is 48.7 Å². The predicted molar refractivity (Wildman–Crippen MR) is 122 cm³/mol.